The van der Waals surface area contributed by atoms with Gasteiger partial charge >= 0.3 is 0 Å². The van der Waals surface area contributed by atoms with Gasteiger partial charge in [0.05, 0.1) is 0 Å². The van der Waals surface area contributed by atoms with Crippen molar-refractivity contribution in [3.05, 3.63) is 35.4 Å². The molecule has 0 aromatic heterocycles. The van der Waals surface area contributed by atoms with E-state index in [0.717, 1.165) is 5.92 Å². The van der Waals surface area contributed by atoms with E-state index in [4.69, 9.17) is 0 Å². The van der Waals surface area contributed by atoms with E-state index in [1.165, 1.54) is 43.4 Å². The van der Waals surface area contributed by atoms with E-state index < -0.39 is 0 Å². The van der Waals surface area contributed by atoms with Crippen molar-refractivity contribution in [2.75, 3.05) is 6.54 Å². The van der Waals surface area contributed by atoms with Crippen LogP contribution >= 0.6 is 0 Å². The van der Waals surface area contributed by atoms with Crippen LogP contribution in [-0.2, 0) is 6.42 Å². The van der Waals surface area contributed by atoms with E-state index in [2.05, 4.69) is 43.4 Å². The molecule has 1 nitrogen and oxygen atoms in total. The van der Waals surface area contributed by atoms with E-state index in [1.54, 1.807) is 0 Å². The van der Waals surface area contributed by atoms with Crippen molar-refractivity contribution in [2.45, 2.75) is 45.6 Å². The summed E-state index contributed by atoms with van der Waals surface area (Å²) in [6, 6.07) is 9.78. The van der Waals surface area contributed by atoms with Crippen molar-refractivity contribution in [1.29, 1.82) is 0 Å². The minimum Gasteiger partial charge on any atom is -0.310 e. The molecule has 1 aliphatic rings. The third-order valence-electron chi connectivity index (χ3n) is 3.65. The number of hydrogen-bond acceptors (Lipinski definition) is 1. The number of benzene rings is 1. The molecule has 88 valence electrons. The number of nitrogens with one attached hydrogen (secondary N) is 1. The molecule has 0 spiro atoms. The molecule has 1 N–H and O–H groups in total. The third kappa shape index (κ3) is 2.65. The van der Waals surface area contributed by atoms with Crippen LogP contribution in [0.15, 0.2) is 24.3 Å². The molecule has 1 fully saturated rings. The zero-order chi connectivity index (χ0) is 11.4. The largest absolute Gasteiger partial charge is 0.310 e. The summed E-state index contributed by atoms with van der Waals surface area (Å²) in [5.41, 5.74) is 2.93. The minimum atomic E-state index is 0.574. The van der Waals surface area contributed by atoms with Crippen LogP contribution in [0.5, 0.6) is 0 Å². The highest BCUT2D eigenvalue weighted by Crippen LogP contribution is 2.28. The summed E-state index contributed by atoms with van der Waals surface area (Å²) < 4.78 is 0. The Hall–Kier alpha value is -0.820. The maximum atomic E-state index is 3.64. The highest BCUT2D eigenvalue weighted by Gasteiger charge is 2.21. The van der Waals surface area contributed by atoms with E-state index in [-0.39, 0.29) is 0 Å². The standard InChI is InChI=1S/C15H23N/c1-3-5-13-7-9-14(10-8-13)15-12(2)6-4-11-16-15/h7-10,12,15-16H,3-6,11H2,1-2H3. The molecule has 0 bridgehead atoms. The zero-order valence-electron chi connectivity index (χ0n) is 10.5. The van der Waals surface area contributed by atoms with Gasteiger partial charge in [0.2, 0.25) is 0 Å². The van der Waals surface area contributed by atoms with Gasteiger partial charge in [-0.25, -0.2) is 0 Å². The maximum Gasteiger partial charge on any atom is 0.0346 e. The van der Waals surface area contributed by atoms with Gasteiger partial charge in [0.25, 0.3) is 0 Å². The molecular weight excluding hydrogens is 194 g/mol. The van der Waals surface area contributed by atoms with Crippen LogP contribution in [0.2, 0.25) is 0 Å². The van der Waals surface area contributed by atoms with E-state index >= 15 is 0 Å². The maximum absolute atomic E-state index is 3.64. The summed E-state index contributed by atoms with van der Waals surface area (Å²) in [6.45, 7) is 5.77. The summed E-state index contributed by atoms with van der Waals surface area (Å²) in [6.07, 6.45) is 5.12. The van der Waals surface area contributed by atoms with Gasteiger partial charge in [-0.05, 0) is 42.9 Å². The Morgan fingerprint density at radius 3 is 2.62 bits per heavy atom. The fourth-order valence-electron chi connectivity index (χ4n) is 2.68. The Morgan fingerprint density at radius 1 is 1.25 bits per heavy atom. The molecule has 0 radical (unpaired) electrons. The second kappa shape index (κ2) is 5.49. The molecule has 1 aromatic carbocycles. The molecule has 1 aromatic rings. The van der Waals surface area contributed by atoms with Gasteiger partial charge in [-0.1, -0.05) is 44.5 Å². The lowest BCUT2D eigenvalue weighted by Gasteiger charge is -2.30. The Labute approximate surface area is 99.3 Å². The first-order valence-electron chi connectivity index (χ1n) is 6.63. The second-order valence-corrected chi connectivity index (χ2v) is 5.04. The predicted molar refractivity (Wildman–Crippen MR) is 69.6 cm³/mol. The number of aryl methyl sites for hydroxylation is 1. The van der Waals surface area contributed by atoms with Crippen LogP contribution in [0.1, 0.15) is 50.3 Å². The van der Waals surface area contributed by atoms with Crippen molar-refractivity contribution < 1.29 is 0 Å². The van der Waals surface area contributed by atoms with Crippen molar-refractivity contribution in [2.24, 2.45) is 5.92 Å². The lowest BCUT2D eigenvalue weighted by molar-refractivity contribution is 0.306. The first kappa shape index (κ1) is 11.7. The SMILES string of the molecule is CCCc1ccc(C2NCCCC2C)cc1. The average molecular weight is 217 g/mol. The quantitative estimate of drug-likeness (QED) is 0.814. The lowest BCUT2D eigenvalue weighted by Crippen LogP contribution is -2.32. The van der Waals surface area contributed by atoms with Crippen LogP contribution in [0.4, 0.5) is 0 Å². The fraction of sp³-hybridized carbons (Fsp3) is 0.600. The summed E-state index contributed by atoms with van der Waals surface area (Å²) in [4.78, 5) is 0. The van der Waals surface area contributed by atoms with Gasteiger partial charge in [0.15, 0.2) is 0 Å². The van der Waals surface area contributed by atoms with E-state index in [0.29, 0.717) is 6.04 Å². The number of piperidine rings is 1. The average Bonchev–Trinajstić information content (AvgIpc) is 2.31. The minimum absolute atomic E-state index is 0.574. The van der Waals surface area contributed by atoms with Crippen LogP contribution in [0.25, 0.3) is 0 Å². The molecular formula is C15H23N. The molecule has 1 heterocycles. The van der Waals surface area contributed by atoms with Gasteiger partial charge in [-0.3, -0.25) is 0 Å². The number of hydrogen-bond donors (Lipinski definition) is 1. The monoisotopic (exact) mass is 217 g/mol. The summed E-state index contributed by atoms with van der Waals surface area (Å²) in [7, 11) is 0. The Bertz CT molecular complexity index is 315. The van der Waals surface area contributed by atoms with Crippen molar-refractivity contribution in [3.63, 3.8) is 0 Å². The van der Waals surface area contributed by atoms with Gasteiger partial charge < -0.3 is 5.32 Å². The number of rotatable bonds is 3. The predicted octanol–water partition coefficient (Wildman–Crippen LogP) is 3.70. The summed E-state index contributed by atoms with van der Waals surface area (Å²) in [5, 5.41) is 3.64. The first-order valence-corrected chi connectivity index (χ1v) is 6.63. The molecule has 0 aliphatic carbocycles. The highest BCUT2D eigenvalue weighted by molar-refractivity contribution is 5.25. The van der Waals surface area contributed by atoms with E-state index in [9.17, 15) is 0 Å². The van der Waals surface area contributed by atoms with Gasteiger partial charge in [0.1, 0.15) is 0 Å². The summed E-state index contributed by atoms with van der Waals surface area (Å²) in [5.74, 6) is 0.769. The van der Waals surface area contributed by atoms with Crippen LogP contribution in [0.3, 0.4) is 0 Å². The Balaban J connectivity index is 2.08. The van der Waals surface area contributed by atoms with Crippen molar-refractivity contribution in [3.8, 4) is 0 Å². The molecule has 0 amide bonds. The Morgan fingerprint density at radius 2 is 2.00 bits per heavy atom. The van der Waals surface area contributed by atoms with Crippen molar-refractivity contribution >= 4 is 0 Å². The van der Waals surface area contributed by atoms with E-state index in [1.807, 2.05) is 0 Å². The molecule has 0 saturated carbocycles. The van der Waals surface area contributed by atoms with Gasteiger partial charge in [0, 0.05) is 6.04 Å². The summed E-state index contributed by atoms with van der Waals surface area (Å²) >= 11 is 0. The van der Waals surface area contributed by atoms with Crippen LogP contribution < -0.4 is 5.32 Å². The second-order valence-electron chi connectivity index (χ2n) is 5.04. The lowest BCUT2D eigenvalue weighted by atomic mass is 9.87. The third-order valence-corrected chi connectivity index (χ3v) is 3.65. The van der Waals surface area contributed by atoms with Crippen LogP contribution in [-0.4, -0.2) is 6.54 Å². The molecule has 1 saturated heterocycles. The molecule has 1 aliphatic heterocycles. The first-order chi connectivity index (χ1) is 7.81. The van der Waals surface area contributed by atoms with Crippen LogP contribution in [0, 0.1) is 5.92 Å². The molecule has 1 heteroatoms. The molecule has 2 rings (SSSR count). The van der Waals surface area contributed by atoms with Gasteiger partial charge in [-0.15, -0.1) is 0 Å². The Kier molecular flexibility index (Phi) is 4.00. The normalized spacial score (nSPS) is 25.6. The fourth-order valence-corrected chi connectivity index (χ4v) is 2.68. The highest BCUT2D eigenvalue weighted by atomic mass is 14.9. The molecule has 2 atom stereocenters. The smallest absolute Gasteiger partial charge is 0.0346 e. The molecule has 2 unspecified atom stereocenters. The van der Waals surface area contributed by atoms with Gasteiger partial charge in [-0.2, -0.15) is 0 Å². The zero-order valence-corrected chi connectivity index (χ0v) is 10.5. The topological polar surface area (TPSA) is 12.0 Å². The molecule has 16 heavy (non-hydrogen) atoms. The van der Waals surface area contributed by atoms with Crippen molar-refractivity contribution in [1.82, 2.24) is 5.32 Å².